The monoisotopic (exact) mass is 244 g/mol. The van der Waals surface area contributed by atoms with Gasteiger partial charge in [-0.15, -0.1) is 0 Å². The van der Waals surface area contributed by atoms with Crippen molar-refractivity contribution in [3.8, 4) is 6.07 Å². The first-order valence-electron chi connectivity index (χ1n) is 5.65. The molecule has 1 aromatic carbocycles. The van der Waals surface area contributed by atoms with Gasteiger partial charge in [0.15, 0.2) is 5.92 Å². The lowest BCUT2D eigenvalue weighted by atomic mass is 9.88. The van der Waals surface area contributed by atoms with E-state index in [1.807, 2.05) is 6.07 Å². The molecular weight excluding hydrogens is 232 g/mol. The van der Waals surface area contributed by atoms with Gasteiger partial charge >= 0.3 is 5.97 Å². The van der Waals surface area contributed by atoms with Crippen LogP contribution in [0.2, 0.25) is 0 Å². The summed E-state index contributed by atoms with van der Waals surface area (Å²) in [6, 6.07) is 8.90. The number of nitrogens with one attached hydrogen (secondary N) is 1. The molecule has 92 valence electrons. The first kappa shape index (κ1) is 12.1. The smallest absolute Gasteiger partial charge is 0.324 e. The number of para-hydroxylation sites is 1. The normalized spacial score (nSPS) is 18.4. The second kappa shape index (κ2) is 4.88. The summed E-state index contributed by atoms with van der Waals surface area (Å²) in [5, 5.41) is 11.8. The Morgan fingerprint density at radius 3 is 2.94 bits per heavy atom. The number of carbonyl (C=O) groups excluding carboxylic acids is 2. The minimum Gasteiger partial charge on any atom is -0.465 e. The van der Waals surface area contributed by atoms with Crippen LogP contribution in [-0.2, 0) is 14.3 Å². The van der Waals surface area contributed by atoms with E-state index in [0.717, 1.165) is 0 Å². The Morgan fingerprint density at radius 2 is 2.28 bits per heavy atom. The Balaban J connectivity index is 2.35. The first-order chi connectivity index (χ1) is 8.69. The number of anilines is 1. The fourth-order valence-corrected chi connectivity index (χ4v) is 2.06. The van der Waals surface area contributed by atoms with Crippen LogP contribution >= 0.6 is 0 Å². The zero-order valence-corrected chi connectivity index (χ0v) is 9.84. The lowest BCUT2D eigenvalue weighted by Crippen LogP contribution is -2.27. The quantitative estimate of drug-likeness (QED) is 0.815. The third kappa shape index (κ3) is 1.93. The molecule has 0 saturated carbocycles. The minimum absolute atomic E-state index is 0.187. The lowest BCUT2D eigenvalue weighted by Gasteiger charge is -2.13. The van der Waals surface area contributed by atoms with Gasteiger partial charge in [-0.05, 0) is 18.6 Å². The summed E-state index contributed by atoms with van der Waals surface area (Å²) >= 11 is 0. The SMILES string of the molecule is CCOC(=O)[C@H](C#N)[C@H]1C(=O)Nc2ccccc21. The van der Waals surface area contributed by atoms with E-state index in [2.05, 4.69) is 5.32 Å². The zero-order valence-electron chi connectivity index (χ0n) is 9.84. The van der Waals surface area contributed by atoms with Crippen molar-refractivity contribution in [2.45, 2.75) is 12.8 Å². The van der Waals surface area contributed by atoms with Crippen molar-refractivity contribution in [2.75, 3.05) is 11.9 Å². The Labute approximate surface area is 104 Å². The van der Waals surface area contributed by atoms with E-state index >= 15 is 0 Å². The van der Waals surface area contributed by atoms with Gasteiger partial charge in [-0.3, -0.25) is 9.59 Å². The van der Waals surface area contributed by atoms with E-state index in [1.54, 1.807) is 31.2 Å². The highest BCUT2D eigenvalue weighted by Gasteiger charge is 2.41. The second-order valence-electron chi connectivity index (χ2n) is 3.91. The molecule has 1 aromatic rings. The molecule has 2 atom stereocenters. The van der Waals surface area contributed by atoms with Gasteiger partial charge in [0.25, 0.3) is 0 Å². The molecule has 0 aliphatic carbocycles. The maximum absolute atomic E-state index is 11.9. The van der Waals surface area contributed by atoms with Crippen molar-refractivity contribution in [3.63, 3.8) is 0 Å². The predicted octanol–water partition coefficient (Wildman–Crippen LogP) is 1.43. The van der Waals surface area contributed by atoms with Gasteiger partial charge in [0, 0.05) is 5.69 Å². The number of benzene rings is 1. The number of nitriles is 1. The molecule has 1 amide bonds. The van der Waals surface area contributed by atoms with Gasteiger partial charge in [-0.2, -0.15) is 5.26 Å². The molecule has 1 aliphatic rings. The topological polar surface area (TPSA) is 79.2 Å². The Kier molecular flexibility index (Phi) is 3.28. The summed E-state index contributed by atoms with van der Waals surface area (Å²) < 4.78 is 4.83. The maximum Gasteiger partial charge on any atom is 0.324 e. The largest absolute Gasteiger partial charge is 0.465 e. The van der Waals surface area contributed by atoms with E-state index in [-0.39, 0.29) is 12.5 Å². The summed E-state index contributed by atoms with van der Waals surface area (Å²) in [4.78, 5) is 23.6. The molecule has 0 spiro atoms. The standard InChI is InChI=1S/C13H12N2O3/c1-2-18-13(17)9(7-14)11-8-5-3-4-6-10(8)15-12(11)16/h3-6,9,11H,2H2,1H3,(H,15,16)/t9-,11+/m1/s1. The third-order valence-electron chi connectivity index (χ3n) is 2.85. The fourth-order valence-electron chi connectivity index (χ4n) is 2.06. The summed E-state index contributed by atoms with van der Waals surface area (Å²) in [5.74, 6) is -2.88. The second-order valence-corrected chi connectivity index (χ2v) is 3.91. The Bertz CT molecular complexity index is 533. The molecule has 0 radical (unpaired) electrons. The number of ether oxygens (including phenoxy) is 1. The van der Waals surface area contributed by atoms with E-state index < -0.39 is 17.8 Å². The van der Waals surface area contributed by atoms with E-state index in [1.165, 1.54) is 0 Å². The van der Waals surface area contributed by atoms with Crippen LogP contribution in [0, 0.1) is 17.2 Å². The van der Waals surface area contributed by atoms with Gasteiger partial charge in [-0.1, -0.05) is 18.2 Å². The van der Waals surface area contributed by atoms with Crippen LogP contribution in [-0.4, -0.2) is 18.5 Å². The number of carbonyl (C=O) groups is 2. The molecule has 2 rings (SSSR count). The van der Waals surface area contributed by atoms with Crippen LogP contribution in [0.4, 0.5) is 5.69 Å². The summed E-state index contributed by atoms with van der Waals surface area (Å²) in [7, 11) is 0. The van der Waals surface area contributed by atoms with Gasteiger partial charge < -0.3 is 10.1 Å². The molecule has 1 aliphatic heterocycles. The van der Waals surface area contributed by atoms with Crippen LogP contribution in [0.1, 0.15) is 18.4 Å². The Morgan fingerprint density at radius 1 is 1.56 bits per heavy atom. The van der Waals surface area contributed by atoms with Crippen molar-refractivity contribution in [3.05, 3.63) is 29.8 Å². The van der Waals surface area contributed by atoms with Crippen LogP contribution < -0.4 is 5.32 Å². The molecule has 0 aromatic heterocycles. The molecule has 18 heavy (non-hydrogen) atoms. The highest BCUT2D eigenvalue weighted by molar-refractivity contribution is 6.05. The fraction of sp³-hybridized carbons (Fsp3) is 0.308. The van der Waals surface area contributed by atoms with Crippen LogP contribution in [0.15, 0.2) is 24.3 Å². The molecule has 5 nitrogen and oxygen atoms in total. The average Bonchev–Trinajstić information content (AvgIpc) is 2.68. The van der Waals surface area contributed by atoms with Crippen LogP contribution in [0.3, 0.4) is 0 Å². The molecule has 0 saturated heterocycles. The van der Waals surface area contributed by atoms with E-state index in [4.69, 9.17) is 10.00 Å². The molecule has 5 heteroatoms. The molecular formula is C13H12N2O3. The number of amides is 1. The van der Waals surface area contributed by atoms with Crippen LogP contribution in [0.5, 0.6) is 0 Å². The number of hydrogen-bond donors (Lipinski definition) is 1. The van der Waals surface area contributed by atoms with Crippen molar-refractivity contribution in [1.82, 2.24) is 0 Å². The highest BCUT2D eigenvalue weighted by Crippen LogP contribution is 2.37. The third-order valence-corrected chi connectivity index (χ3v) is 2.85. The molecule has 1 N–H and O–H groups in total. The highest BCUT2D eigenvalue weighted by atomic mass is 16.5. The van der Waals surface area contributed by atoms with E-state index in [0.29, 0.717) is 11.3 Å². The lowest BCUT2D eigenvalue weighted by molar-refractivity contribution is -0.147. The zero-order chi connectivity index (χ0) is 13.1. The molecule has 0 bridgehead atoms. The minimum atomic E-state index is -1.10. The van der Waals surface area contributed by atoms with Gasteiger partial charge in [0.1, 0.15) is 0 Å². The van der Waals surface area contributed by atoms with Gasteiger partial charge in [0.2, 0.25) is 5.91 Å². The van der Waals surface area contributed by atoms with Crippen molar-refractivity contribution in [2.24, 2.45) is 5.92 Å². The molecule has 1 heterocycles. The number of nitrogens with zero attached hydrogens (tertiary/aromatic N) is 1. The average molecular weight is 244 g/mol. The number of hydrogen-bond acceptors (Lipinski definition) is 4. The van der Waals surface area contributed by atoms with Crippen molar-refractivity contribution in [1.29, 1.82) is 5.26 Å². The van der Waals surface area contributed by atoms with E-state index in [9.17, 15) is 9.59 Å². The Hall–Kier alpha value is -2.35. The van der Waals surface area contributed by atoms with Crippen LogP contribution in [0.25, 0.3) is 0 Å². The molecule has 0 fully saturated rings. The van der Waals surface area contributed by atoms with Crippen molar-refractivity contribution < 1.29 is 14.3 Å². The summed E-state index contributed by atoms with van der Waals surface area (Å²) in [6.45, 7) is 1.85. The van der Waals surface area contributed by atoms with Crippen molar-refractivity contribution >= 4 is 17.6 Å². The predicted molar refractivity (Wildman–Crippen MR) is 63.5 cm³/mol. The summed E-state index contributed by atoms with van der Waals surface area (Å²) in [6.07, 6.45) is 0. The van der Waals surface area contributed by atoms with Gasteiger partial charge in [-0.25, -0.2) is 0 Å². The van der Waals surface area contributed by atoms with Gasteiger partial charge in [0.05, 0.1) is 18.6 Å². The number of esters is 1. The maximum atomic E-state index is 11.9. The number of rotatable bonds is 3. The first-order valence-corrected chi connectivity index (χ1v) is 5.65. The number of fused-ring (bicyclic) bond motifs is 1. The summed E-state index contributed by atoms with van der Waals surface area (Å²) in [5.41, 5.74) is 1.32. The molecule has 0 unspecified atom stereocenters.